The van der Waals surface area contributed by atoms with Gasteiger partial charge in [-0.15, -0.1) is 22.7 Å². The van der Waals surface area contributed by atoms with Crippen LogP contribution in [0.1, 0.15) is 15.9 Å². The molecule has 1 amide bonds. The Bertz CT molecular complexity index is 1770. The van der Waals surface area contributed by atoms with Crippen molar-refractivity contribution < 1.29 is 4.79 Å². The zero-order valence-corrected chi connectivity index (χ0v) is 22.0. The standard InChI is InChI=1S/C28H17Cl2N3OS2/c1-15-2-10-22-24(12-15)35-28(33-22)18-6-11-23-25(14-18)36-27(32-23)16-3-7-19(8-4-16)31-26(34)17-5-9-20(29)21(30)13-17/h2-14H,1H3,(H,31,34). The van der Waals surface area contributed by atoms with Crippen LogP contribution in [0.15, 0.2) is 78.9 Å². The van der Waals surface area contributed by atoms with Gasteiger partial charge >= 0.3 is 0 Å². The van der Waals surface area contributed by atoms with Crippen LogP contribution in [-0.4, -0.2) is 15.9 Å². The molecule has 0 aliphatic rings. The molecule has 176 valence electrons. The summed E-state index contributed by atoms with van der Waals surface area (Å²) in [6, 6.07) is 25.1. The van der Waals surface area contributed by atoms with Gasteiger partial charge in [-0.05, 0) is 85.3 Å². The summed E-state index contributed by atoms with van der Waals surface area (Å²) in [6.07, 6.45) is 0. The number of nitrogens with one attached hydrogen (secondary N) is 1. The normalized spacial score (nSPS) is 11.3. The topological polar surface area (TPSA) is 54.9 Å². The van der Waals surface area contributed by atoms with E-state index in [-0.39, 0.29) is 5.91 Å². The number of carbonyl (C=O) groups excluding carboxylic acids is 1. The molecule has 0 atom stereocenters. The first-order chi connectivity index (χ1) is 17.4. The van der Waals surface area contributed by atoms with Crippen LogP contribution >= 0.6 is 45.9 Å². The van der Waals surface area contributed by atoms with Crippen molar-refractivity contribution in [3.05, 3.63) is 100 Å². The number of rotatable bonds is 4. The summed E-state index contributed by atoms with van der Waals surface area (Å²) in [5.41, 5.74) is 6.42. The van der Waals surface area contributed by atoms with Gasteiger partial charge in [-0.1, -0.05) is 29.3 Å². The maximum Gasteiger partial charge on any atom is 0.255 e. The molecule has 0 spiro atoms. The summed E-state index contributed by atoms with van der Waals surface area (Å²) in [5, 5.41) is 5.57. The molecule has 8 heteroatoms. The molecular formula is C28H17Cl2N3OS2. The largest absolute Gasteiger partial charge is 0.322 e. The van der Waals surface area contributed by atoms with Crippen molar-refractivity contribution in [2.45, 2.75) is 6.92 Å². The van der Waals surface area contributed by atoms with Crippen LogP contribution in [-0.2, 0) is 0 Å². The van der Waals surface area contributed by atoms with Crippen LogP contribution in [0.3, 0.4) is 0 Å². The molecule has 1 N–H and O–H groups in total. The number of hydrogen-bond acceptors (Lipinski definition) is 5. The quantitative estimate of drug-likeness (QED) is 0.240. The SMILES string of the molecule is Cc1ccc2nc(-c3ccc4nc(-c5ccc(NC(=O)c6ccc(Cl)c(Cl)c6)cc5)sc4c3)sc2c1. The smallest absolute Gasteiger partial charge is 0.255 e. The fraction of sp³-hybridized carbons (Fsp3) is 0.0357. The second kappa shape index (κ2) is 9.30. The van der Waals surface area contributed by atoms with Crippen LogP contribution in [0.5, 0.6) is 0 Å². The number of nitrogens with zero attached hydrogens (tertiary/aromatic N) is 2. The highest BCUT2D eigenvalue weighted by Crippen LogP contribution is 2.36. The molecule has 0 bridgehead atoms. The summed E-state index contributed by atoms with van der Waals surface area (Å²) in [6.45, 7) is 2.10. The van der Waals surface area contributed by atoms with E-state index < -0.39 is 0 Å². The predicted octanol–water partition coefficient (Wildman–Crippen LogP) is 9.11. The minimum absolute atomic E-state index is 0.251. The van der Waals surface area contributed by atoms with Gasteiger partial charge in [0, 0.05) is 22.4 Å². The molecule has 2 heterocycles. The minimum atomic E-state index is -0.251. The van der Waals surface area contributed by atoms with Gasteiger partial charge in [0.15, 0.2) is 0 Å². The predicted molar refractivity (Wildman–Crippen MR) is 153 cm³/mol. The Labute approximate surface area is 225 Å². The average molecular weight is 547 g/mol. The molecule has 0 aliphatic heterocycles. The molecule has 0 fully saturated rings. The third kappa shape index (κ3) is 4.49. The van der Waals surface area contributed by atoms with E-state index in [1.165, 1.54) is 10.3 Å². The Balaban J connectivity index is 1.23. The molecule has 0 radical (unpaired) electrons. The third-order valence-corrected chi connectivity index (χ3v) is 8.62. The molecule has 0 saturated carbocycles. The van der Waals surface area contributed by atoms with E-state index in [0.29, 0.717) is 21.3 Å². The Morgan fingerprint density at radius 1 is 0.722 bits per heavy atom. The number of fused-ring (bicyclic) bond motifs is 2. The van der Waals surface area contributed by atoms with Crippen molar-refractivity contribution in [1.82, 2.24) is 9.97 Å². The Kier molecular flexibility index (Phi) is 5.97. The van der Waals surface area contributed by atoms with Crippen LogP contribution in [0.25, 0.3) is 41.6 Å². The molecule has 0 saturated heterocycles. The van der Waals surface area contributed by atoms with Crippen molar-refractivity contribution >= 4 is 77.9 Å². The van der Waals surface area contributed by atoms with Gasteiger partial charge in [0.1, 0.15) is 10.0 Å². The molecule has 6 aromatic rings. The summed E-state index contributed by atoms with van der Waals surface area (Å²) in [5.74, 6) is -0.251. The zero-order chi connectivity index (χ0) is 24.8. The number of hydrogen-bond donors (Lipinski definition) is 1. The summed E-state index contributed by atoms with van der Waals surface area (Å²) < 4.78 is 2.30. The summed E-state index contributed by atoms with van der Waals surface area (Å²) in [4.78, 5) is 22.2. The number of anilines is 1. The van der Waals surface area contributed by atoms with Crippen LogP contribution in [0.2, 0.25) is 10.0 Å². The molecule has 4 nitrogen and oxygen atoms in total. The summed E-state index contributed by atoms with van der Waals surface area (Å²) >= 11 is 15.3. The van der Waals surface area contributed by atoms with E-state index in [1.54, 1.807) is 40.9 Å². The summed E-state index contributed by atoms with van der Waals surface area (Å²) in [7, 11) is 0. The fourth-order valence-corrected chi connectivity index (χ4v) is 6.24. The molecule has 4 aromatic carbocycles. The second-order valence-electron chi connectivity index (χ2n) is 8.35. The first-order valence-electron chi connectivity index (χ1n) is 11.1. The highest BCUT2D eigenvalue weighted by Gasteiger charge is 2.12. The van der Waals surface area contributed by atoms with E-state index in [0.717, 1.165) is 36.9 Å². The van der Waals surface area contributed by atoms with Crippen molar-refractivity contribution in [3.63, 3.8) is 0 Å². The van der Waals surface area contributed by atoms with Gasteiger partial charge in [0.25, 0.3) is 5.91 Å². The first kappa shape index (κ1) is 23.1. The van der Waals surface area contributed by atoms with E-state index in [1.807, 2.05) is 30.3 Å². The van der Waals surface area contributed by atoms with Gasteiger partial charge < -0.3 is 5.32 Å². The number of aryl methyl sites for hydroxylation is 1. The minimum Gasteiger partial charge on any atom is -0.322 e. The van der Waals surface area contributed by atoms with Crippen molar-refractivity contribution in [1.29, 1.82) is 0 Å². The van der Waals surface area contributed by atoms with Gasteiger partial charge in [-0.25, -0.2) is 9.97 Å². The molecule has 6 rings (SSSR count). The van der Waals surface area contributed by atoms with E-state index in [2.05, 4.69) is 42.6 Å². The zero-order valence-electron chi connectivity index (χ0n) is 18.9. The Morgan fingerprint density at radius 2 is 1.36 bits per heavy atom. The molecule has 2 aromatic heterocycles. The molecule has 0 aliphatic carbocycles. The van der Waals surface area contributed by atoms with E-state index in [9.17, 15) is 4.79 Å². The lowest BCUT2D eigenvalue weighted by molar-refractivity contribution is 0.102. The first-order valence-corrected chi connectivity index (χ1v) is 13.5. The van der Waals surface area contributed by atoms with E-state index in [4.69, 9.17) is 33.2 Å². The van der Waals surface area contributed by atoms with Gasteiger partial charge in [-0.3, -0.25) is 4.79 Å². The molecule has 0 unspecified atom stereocenters. The highest BCUT2D eigenvalue weighted by molar-refractivity contribution is 7.22. The lowest BCUT2D eigenvalue weighted by Gasteiger charge is -2.07. The highest BCUT2D eigenvalue weighted by atomic mass is 35.5. The third-order valence-electron chi connectivity index (χ3n) is 5.75. The van der Waals surface area contributed by atoms with Gasteiger partial charge in [0.2, 0.25) is 0 Å². The van der Waals surface area contributed by atoms with Crippen molar-refractivity contribution in [3.8, 4) is 21.1 Å². The molecule has 36 heavy (non-hydrogen) atoms. The number of aromatic nitrogens is 2. The number of halogens is 2. The van der Waals surface area contributed by atoms with Crippen molar-refractivity contribution in [2.75, 3.05) is 5.32 Å². The lowest BCUT2D eigenvalue weighted by atomic mass is 10.2. The monoisotopic (exact) mass is 545 g/mol. The fourth-order valence-electron chi connectivity index (χ4n) is 3.87. The number of thiazole rings is 2. The van der Waals surface area contributed by atoms with Crippen molar-refractivity contribution in [2.24, 2.45) is 0 Å². The maximum absolute atomic E-state index is 12.5. The second-order valence-corrected chi connectivity index (χ2v) is 11.2. The number of benzene rings is 4. The maximum atomic E-state index is 12.5. The van der Waals surface area contributed by atoms with Crippen LogP contribution in [0.4, 0.5) is 5.69 Å². The van der Waals surface area contributed by atoms with Gasteiger partial charge in [-0.2, -0.15) is 0 Å². The number of amides is 1. The van der Waals surface area contributed by atoms with E-state index >= 15 is 0 Å². The Morgan fingerprint density at radius 3 is 2.08 bits per heavy atom. The average Bonchev–Trinajstić information content (AvgIpc) is 3.49. The van der Waals surface area contributed by atoms with Crippen LogP contribution < -0.4 is 5.32 Å². The molecular weight excluding hydrogens is 529 g/mol. The van der Waals surface area contributed by atoms with Gasteiger partial charge in [0.05, 0.1) is 30.5 Å². The van der Waals surface area contributed by atoms with Crippen LogP contribution in [0, 0.1) is 6.92 Å². The number of carbonyl (C=O) groups is 1. The lowest BCUT2D eigenvalue weighted by Crippen LogP contribution is -2.11. The Hall–Kier alpha value is -3.29.